The van der Waals surface area contributed by atoms with E-state index in [1.807, 2.05) is 0 Å². The number of esters is 3. The molecule has 130 valence electrons. The summed E-state index contributed by atoms with van der Waals surface area (Å²) in [6.07, 6.45) is -3.76. The predicted molar refractivity (Wildman–Crippen MR) is 80.5 cm³/mol. The van der Waals surface area contributed by atoms with Gasteiger partial charge in [0.15, 0.2) is 28.9 Å². The zero-order valence-corrected chi connectivity index (χ0v) is 14.0. The Balaban J connectivity index is 3.15. The van der Waals surface area contributed by atoms with Gasteiger partial charge in [0.25, 0.3) is 0 Å². The van der Waals surface area contributed by atoms with Crippen LogP contribution >= 0.6 is 11.8 Å². The van der Waals surface area contributed by atoms with Crippen molar-refractivity contribution in [3.8, 4) is 0 Å². The van der Waals surface area contributed by atoms with Gasteiger partial charge in [0.05, 0.1) is 6.10 Å². The highest BCUT2D eigenvalue weighted by molar-refractivity contribution is 8.14. The summed E-state index contributed by atoms with van der Waals surface area (Å²) in [6.45, 7) is 5.18. The van der Waals surface area contributed by atoms with Crippen molar-refractivity contribution in [1.29, 1.82) is 5.41 Å². The minimum atomic E-state index is -1.08. The van der Waals surface area contributed by atoms with Crippen molar-refractivity contribution in [1.82, 2.24) is 0 Å². The summed E-state index contributed by atoms with van der Waals surface area (Å²) in [4.78, 5) is 34.0. The van der Waals surface area contributed by atoms with Gasteiger partial charge in [-0.3, -0.25) is 19.8 Å². The molecule has 10 heteroatoms. The lowest BCUT2D eigenvalue weighted by atomic mass is 10.00. The van der Waals surface area contributed by atoms with Crippen molar-refractivity contribution in [3.63, 3.8) is 0 Å². The summed E-state index contributed by atoms with van der Waals surface area (Å²) in [5.41, 5.74) is 4.48. The molecule has 5 atom stereocenters. The molecular formula is C13H20N2O7S. The lowest BCUT2D eigenvalue weighted by molar-refractivity contribution is -0.228. The minimum Gasteiger partial charge on any atom is -0.456 e. The van der Waals surface area contributed by atoms with Crippen molar-refractivity contribution in [2.75, 3.05) is 0 Å². The van der Waals surface area contributed by atoms with Gasteiger partial charge in [0.1, 0.15) is 0 Å². The first-order valence-electron chi connectivity index (χ1n) is 6.79. The molecule has 1 aliphatic heterocycles. The second-order valence-electron chi connectivity index (χ2n) is 4.91. The molecule has 1 rings (SSSR count). The molecule has 0 bridgehead atoms. The van der Waals surface area contributed by atoms with Gasteiger partial charge in [-0.05, 0) is 6.92 Å². The minimum absolute atomic E-state index is 0.258. The van der Waals surface area contributed by atoms with Gasteiger partial charge >= 0.3 is 17.9 Å². The van der Waals surface area contributed by atoms with Gasteiger partial charge < -0.3 is 24.7 Å². The van der Waals surface area contributed by atoms with Crippen LogP contribution in [0.15, 0.2) is 0 Å². The molecule has 0 aromatic rings. The van der Waals surface area contributed by atoms with E-state index in [-0.39, 0.29) is 5.17 Å². The largest absolute Gasteiger partial charge is 0.456 e. The zero-order valence-electron chi connectivity index (χ0n) is 13.2. The van der Waals surface area contributed by atoms with Crippen LogP contribution in [0.5, 0.6) is 0 Å². The van der Waals surface area contributed by atoms with Gasteiger partial charge in [-0.25, -0.2) is 0 Å². The molecule has 9 nitrogen and oxygen atoms in total. The number of nitrogens with two attached hydrogens (primary N) is 1. The second kappa shape index (κ2) is 8.16. The van der Waals surface area contributed by atoms with Gasteiger partial charge in [0.2, 0.25) is 0 Å². The number of hydrogen-bond donors (Lipinski definition) is 2. The van der Waals surface area contributed by atoms with E-state index in [2.05, 4.69) is 0 Å². The number of carbonyl (C=O) groups is 3. The molecule has 1 aliphatic rings. The molecule has 1 fully saturated rings. The summed E-state index contributed by atoms with van der Waals surface area (Å²) in [7, 11) is 0. The van der Waals surface area contributed by atoms with Gasteiger partial charge in [-0.2, -0.15) is 0 Å². The fourth-order valence-corrected chi connectivity index (χ4v) is 3.02. The fraction of sp³-hybridized carbons (Fsp3) is 0.692. The van der Waals surface area contributed by atoms with Gasteiger partial charge in [0, 0.05) is 20.8 Å². The van der Waals surface area contributed by atoms with Crippen LogP contribution < -0.4 is 5.73 Å². The van der Waals surface area contributed by atoms with E-state index < -0.39 is 47.8 Å². The van der Waals surface area contributed by atoms with E-state index in [0.717, 1.165) is 11.8 Å². The number of thioether (sulfide) groups is 1. The van der Waals surface area contributed by atoms with Crippen molar-refractivity contribution in [3.05, 3.63) is 0 Å². The number of nitrogens with one attached hydrogen (secondary N) is 1. The van der Waals surface area contributed by atoms with Crippen LogP contribution in [0.4, 0.5) is 0 Å². The van der Waals surface area contributed by atoms with E-state index >= 15 is 0 Å². The third kappa shape index (κ3) is 5.71. The standard InChI is InChI=1S/C13H20N2O7S/c1-5-9(20-6(2)16)10(21-7(3)17)11(22-8(4)18)12(19-5)23-13(14)15/h5,9-12H,1-4H3,(H3,14,15)/t5-,9+,10+,11-,12-/m0/s1. The lowest BCUT2D eigenvalue weighted by Gasteiger charge is -2.43. The van der Waals surface area contributed by atoms with Crippen LogP contribution in [0.25, 0.3) is 0 Å². The average molecular weight is 348 g/mol. The Hall–Kier alpha value is -1.81. The molecule has 1 saturated heterocycles. The smallest absolute Gasteiger partial charge is 0.303 e. The van der Waals surface area contributed by atoms with Crippen LogP contribution in [0, 0.1) is 5.41 Å². The first kappa shape index (κ1) is 19.2. The van der Waals surface area contributed by atoms with Crippen LogP contribution in [0.2, 0.25) is 0 Å². The maximum Gasteiger partial charge on any atom is 0.303 e. The molecule has 0 amide bonds. The number of hydrogen-bond acceptors (Lipinski definition) is 9. The topological polar surface area (TPSA) is 138 Å². The molecule has 0 saturated carbocycles. The Labute approximate surface area is 137 Å². The normalized spacial score (nSPS) is 30.2. The summed E-state index contributed by atoms with van der Waals surface area (Å²) in [5.74, 6) is -1.87. The molecule has 0 unspecified atom stereocenters. The van der Waals surface area contributed by atoms with Crippen molar-refractivity contribution in [2.24, 2.45) is 5.73 Å². The zero-order chi connectivity index (χ0) is 17.7. The molecule has 1 heterocycles. The molecule has 0 aromatic carbocycles. The maximum atomic E-state index is 11.4. The fourth-order valence-electron chi connectivity index (χ4n) is 2.19. The Morgan fingerprint density at radius 1 is 0.957 bits per heavy atom. The third-order valence-electron chi connectivity index (χ3n) is 2.88. The highest BCUT2D eigenvalue weighted by Gasteiger charge is 2.50. The van der Waals surface area contributed by atoms with E-state index in [0.29, 0.717) is 0 Å². The quantitative estimate of drug-likeness (QED) is 0.314. The van der Waals surface area contributed by atoms with E-state index in [1.54, 1.807) is 6.92 Å². The van der Waals surface area contributed by atoms with Crippen LogP contribution in [0.3, 0.4) is 0 Å². The summed E-state index contributed by atoms with van der Waals surface area (Å²) in [5, 5.41) is 7.11. The summed E-state index contributed by atoms with van der Waals surface area (Å²) >= 11 is 0.811. The van der Waals surface area contributed by atoms with Crippen molar-refractivity contribution in [2.45, 2.75) is 57.5 Å². The average Bonchev–Trinajstić information content (AvgIpc) is 2.36. The van der Waals surface area contributed by atoms with Crippen molar-refractivity contribution < 1.29 is 33.3 Å². The molecule has 23 heavy (non-hydrogen) atoms. The summed E-state index contributed by atoms with van der Waals surface area (Å²) in [6, 6.07) is 0. The Morgan fingerprint density at radius 2 is 1.39 bits per heavy atom. The highest BCUT2D eigenvalue weighted by atomic mass is 32.2. The first-order chi connectivity index (χ1) is 10.6. The molecule has 0 radical (unpaired) electrons. The molecule has 0 aromatic heterocycles. The summed E-state index contributed by atoms with van der Waals surface area (Å²) < 4.78 is 21.2. The Kier molecular flexibility index (Phi) is 6.82. The first-order valence-corrected chi connectivity index (χ1v) is 7.67. The molecular weight excluding hydrogens is 328 g/mol. The molecule has 3 N–H and O–H groups in total. The highest BCUT2D eigenvalue weighted by Crippen LogP contribution is 2.33. The Morgan fingerprint density at radius 3 is 1.83 bits per heavy atom. The predicted octanol–water partition coefficient (Wildman–Crippen LogP) is 0.153. The van der Waals surface area contributed by atoms with E-state index in [1.165, 1.54) is 20.8 Å². The van der Waals surface area contributed by atoms with E-state index in [9.17, 15) is 14.4 Å². The number of carbonyl (C=O) groups excluding carboxylic acids is 3. The monoisotopic (exact) mass is 348 g/mol. The lowest BCUT2D eigenvalue weighted by Crippen LogP contribution is -2.60. The maximum absolute atomic E-state index is 11.4. The van der Waals surface area contributed by atoms with Gasteiger partial charge in [-0.15, -0.1) is 0 Å². The molecule has 0 spiro atoms. The number of ether oxygens (including phenoxy) is 4. The van der Waals surface area contributed by atoms with Crippen LogP contribution in [-0.2, 0) is 33.3 Å². The van der Waals surface area contributed by atoms with Crippen molar-refractivity contribution >= 4 is 34.8 Å². The molecule has 0 aliphatic carbocycles. The van der Waals surface area contributed by atoms with Crippen LogP contribution in [-0.4, -0.2) is 52.9 Å². The Bertz CT molecular complexity index is 499. The second-order valence-corrected chi connectivity index (χ2v) is 6.05. The van der Waals surface area contributed by atoms with E-state index in [4.69, 9.17) is 30.1 Å². The van der Waals surface area contributed by atoms with Crippen LogP contribution in [0.1, 0.15) is 27.7 Å². The van der Waals surface area contributed by atoms with Gasteiger partial charge in [-0.1, -0.05) is 11.8 Å². The third-order valence-corrected chi connectivity index (χ3v) is 3.74. The number of rotatable bonds is 4. The number of amidine groups is 1. The SMILES string of the molecule is CC(=O)O[C@@H]1[C@H](OC(C)=O)[C@H](C)O[C@@H](SC(=N)N)[C@H]1OC(C)=O.